The van der Waals surface area contributed by atoms with Crippen LogP contribution < -0.4 is 0 Å². The van der Waals surface area contributed by atoms with Crippen LogP contribution in [-0.4, -0.2) is 4.92 Å². The van der Waals surface area contributed by atoms with Gasteiger partial charge in [0, 0.05) is 0 Å². The van der Waals surface area contributed by atoms with Crippen LogP contribution in [0.4, 0.5) is 5.69 Å². The lowest BCUT2D eigenvalue weighted by Gasteiger charge is -1.86. The second-order valence-corrected chi connectivity index (χ2v) is 2.18. The van der Waals surface area contributed by atoms with Crippen molar-refractivity contribution in [1.29, 1.82) is 0 Å². The molecule has 5 heteroatoms. The molecule has 0 atom stereocenters. The van der Waals surface area contributed by atoms with Crippen LogP contribution in [0.1, 0.15) is 5.76 Å². The van der Waals surface area contributed by atoms with Gasteiger partial charge in [-0.15, -0.1) is 0 Å². The summed E-state index contributed by atoms with van der Waals surface area (Å²) in [6.07, 6.45) is 1.30. The Balaban J connectivity index is 3.01. The third-order valence-corrected chi connectivity index (χ3v) is 1.55. The van der Waals surface area contributed by atoms with E-state index in [1.54, 1.807) is 0 Å². The van der Waals surface area contributed by atoms with Gasteiger partial charge < -0.3 is 4.42 Å². The Morgan fingerprint density at radius 3 is 2.90 bits per heavy atom. The molecule has 54 valence electrons. The molecule has 0 N–H and O–H groups in total. The number of furan rings is 1. The van der Waals surface area contributed by atoms with Gasteiger partial charge in [-0.25, -0.2) is 0 Å². The molecule has 0 aliphatic rings. The van der Waals surface area contributed by atoms with E-state index in [1.165, 1.54) is 12.3 Å². The van der Waals surface area contributed by atoms with Crippen molar-refractivity contribution in [3.05, 3.63) is 28.2 Å². The second kappa shape index (κ2) is 2.83. The standard InChI is InChI=1S/C5H4BrNO3/c6-3-5-4(7(8)9)1-2-10-5/h1-2H,3H2. The summed E-state index contributed by atoms with van der Waals surface area (Å²) in [4.78, 5) is 9.69. The first kappa shape index (κ1) is 7.27. The van der Waals surface area contributed by atoms with E-state index in [1.807, 2.05) is 0 Å². The minimum Gasteiger partial charge on any atom is -0.461 e. The largest absolute Gasteiger partial charge is 0.461 e. The lowest BCUT2D eigenvalue weighted by Crippen LogP contribution is -1.87. The SMILES string of the molecule is O=[N+]([O-])c1ccoc1CBr. The fourth-order valence-electron chi connectivity index (χ4n) is 0.597. The maximum Gasteiger partial charge on any atom is 0.311 e. The van der Waals surface area contributed by atoms with Gasteiger partial charge in [-0.05, 0) is 0 Å². The van der Waals surface area contributed by atoms with Crippen LogP contribution in [0.15, 0.2) is 16.7 Å². The maximum atomic E-state index is 10.2. The highest BCUT2D eigenvalue weighted by atomic mass is 79.9. The monoisotopic (exact) mass is 205 g/mol. The van der Waals surface area contributed by atoms with Crippen LogP contribution in [0.25, 0.3) is 0 Å². The summed E-state index contributed by atoms with van der Waals surface area (Å²) in [6, 6.07) is 1.33. The number of rotatable bonds is 2. The van der Waals surface area contributed by atoms with Crippen molar-refractivity contribution in [2.24, 2.45) is 0 Å². The minimum absolute atomic E-state index is 0.0249. The molecule has 1 heterocycles. The van der Waals surface area contributed by atoms with Gasteiger partial charge >= 0.3 is 5.69 Å². The van der Waals surface area contributed by atoms with E-state index in [4.69, 9.17) is 4.42 Å². The molecule has 0 saturated heterocycles. The molecular weight excluding hydrogens is 202 g/mol. The van der Waals surface area contributed by atoms with E-state index in [2.05, 4.69) is 15.9 Å². The molecule has 0 fully saturated rings. The molecule has 0 aliphatic heterocycles. The summed E-state index contributed by atoms with van der Waals surface area (Å²) in [5, 5.41) is 10.5. The molecule has 0 amide bonds. The predicted molar refractivity (Wildman–Crippen MR) is 38.0 cm³/mol. The molecule has 0 bridgehead atoms. The number of alkyl halides is 1. The average Bonchev–Trinajstić information content (AvgIpc) is 2.33. The smallest absolute Gasteiger partial charge is 0.311 e. The van der Waals surface area contributed by atoms with Crippen LogP contribution in [0.2, 0.25) is 0 Å². The first-order chi connectivity index (χ1) is 4.75. The number of nitro groups is 1. The third-order valence-electron chi connectivity index (χ3n) is 1.04. The first-order valence-corrected chi connectivity index (χ1v) is 3.64. The van der Waals surface area contributed by atoms with Gasteiger partial charge in [0.05, 0.1) is 22.6 Å². The minimum atomic E-state index is -0.472. The molecule has 0 unspecified atom stereocenters. The third kappa shape index (κ3) is 1.18. The summed E-state index contributed by atoms with van der Waals surface area (Å²) >= 11 is 3.06. The molecule has 0 saturated carbocycles. The Kier molecular flexibility index (Phi) is 2.06. The van der Waals surface area contributed by atoms with E-state index in [9.17, 15) is 10.1 Å². The van der Waals surface area contributed by atoms with E-state index in [-0.39, 0.29) is 5.69 Å². The van der Waals surface area contributed by atoms with Crippen LogP contribution >= 0.6 is 15.9 Å². The number of hydrogen-bond donors (Lipinski definition) is 0. The lowest BCUT2D eigenvalue weighted by molar-refractivity contribution is -0.385. The van der Waals surface area contributed by atoms with Gasteiger partial charge in [0.2, 0.25) is 0 Å². The Hall–Kier alpha value is -0.840. The highest BCUT2D eigenvalue weighted by Gasteiger charge is 2.14. The Morgan fingerprint density at radius 2 is 2.50 bits per heavy atom. The molecule has 0 aromatic carbocycles. The summed E-state index contributed by atoms with van der Waals surface area (Å²) in [6.45, 7) is 0. The molecule has 1 aromatic rings. The molecular formula is C5H4BrNO3. The van der Waals surface area contributed by atoms with Crippen molar-refractivity contribution in [3.8, 4) is 0 Å². The molecule has 1 rings (SSSR count). The van der Waals surface area contributed by atoms with E-state index >= 15 is 0 Å². The number of hydrogen-bond acceptors (Lipinski definition) is 3. The van der Waals surface area contributed by atoms with Gasteiger partial charge in [0.15, 0.2) is 5.76 Å². The fraction of sp³-hybridized carbons (Fsp3) is 0.200. The van der Waals surface area contributed by atoms with E-state index < -0.39 is 4.92 Å². The van der Waals surface area contributed by atoms with E-state index in [0.29, 0.717) is 11.1 Å². The number of halogens is 1. The van der Waals surface area contributed by atoms with Crippen molar-refractivity contribution in [2.75, 3.05) is 0 Å². The van der Waals surface area contributed by atoms with Crippen molar-refractivity contribution in [1.82, 2.24) is 0 Å². The second-order valence-electron chi connectivity index (χ2n) is 1.62. The molecule has 0 radical (unpaired) electrons. The topological polar surface area (TPSA) is 56.3 Å². The van der Waals surface area contributed by atoms with Crippen LogP contribution in [0, 0.1) is 10.1 Å². The molecule has 10 heavy (non-hydrogen) atoms. The van der Waals surface area contributed by atoms with Crippen molar-refractivity contribution in [3.63, 3.8) is 0 Å². The zero-order valence-electron chi connectivity index (χ0n) is 4.91. The molecule has 4 nitrogen and oxygen atoms in total. The van der Waals surface area contributed by atoms with Gasteiger partial charge in [-0.2, -0.15) is 0 Å². The molecule has 1 aromatic heterocycles. The highest BCUT2D eigenvalue weighted by molar-refractivity contribution is 9.08. The normalized spacial score (nSPS) is 9.70. The van der Waals surface area contributed by atoms with E-state index in [0.717, 1.165) is 0 Å². The van der Waals surface area contributed by atoms with Crippen LogP contribution in [0.5, 0.6) is 0 Å². The summed E-state index contributed by atoms with van der Waals surface area (Å²) in [5.41, 5.74) is 0.0249. The summed E-state index contributed by atoms with van der Waals surface area (Å²) in [5.74, 6) is 0.352. The predicted octanol–water partition coefficient (Wildman–Crippen LogP) is 2.08. The Bertz CT molecular complexity index is 245. The summed E-state index contributed by atoms with van der Waals surface area (Å²) in [7, 11) is 0. The van der Waals surface area contributed by atoms with Gasteiger partial charge in [-0.1, -0.05) is 15.9 Å². The fourth-order valence-corrected chi connectivity index (χ4v) is 1.02. The lowest BCUT2D eigenvalue weighted by atomic mass is 10.4. The average molecular weight is 206 g/mol. The Labute approximate surface area is 65.1 Å². The van der Waals surface area contributed by atoms with Gasteiger partial charge in [0.1, 0.15) is 0 Å². The van der Waals surface area contributed by atoms with Crippen molar-refractivity contribution in [2.45, 2.75) is 5.33 Å². The molecule has 0 spiro atoms. The number of nitrogens with zero attached hydrogens (tertiary/aromatic N) is 1. The zero-order valence-corrected chi connectivity index (χ0v) is 6.50. The first-order valence-electron chi connectivity index (χ1n) is 2.52. The maximum absolute atomic E-state index is 10.2. The van der Waals surface area contributed by atoms with Crippen LogP contribution in [-0.2, 0) is 5.33 Å². The van der Waals surface area contributed by atoms with Gasteiger partial charge in [0.25, 0.3) is 0 Å². The van der Waals surface area contributed by atoms with Crippen molar-refractivity contribution < 1.29 is 9.34 Å². The van der Waals surface area contributed by atoms with Crippen molar-refractivity contribution >= 4 is 21.6 Å². The highest BCUT2D eigenvalue weighted by Crippen LogP contribution is 2.21. The molecule has 0 aliphatic carbocycles. The van der Waals surface area contributed by atoms with Gasteiger partial charge in [-0.3, -0.25) is 10.1 Å². The van der Waals surface area contributed by atoms with Crippen LogP contribution in [0.3, 0.4) is 0 Å². The quantitative estimate of drug-likeness (QED) is 0.422. The zero-order chi connectivity index (χ0) is 7.56. The Morgan fingerprint density at radius 1 is 1.80 bits per heavy atom. The summed E-state index contributed by atoms with van der Waals surface area (Å²) < 4.78 is 4.79.